The van der Waals surface area contributed by atoms with Gasteiger partial charge in [-0.25, -0.2) is 4.39 Å². The molecule has 5 atom stereocenters. The number of ketones is 1. The van der Waals surface area contributed by atoms with Crippen molar-refractivity contribution in [3.05, 3.63) is 52.6 Å². The number of hydrogen-bond donors (Lipinski definition) is 1. The lowest BCUT2D eigenvalue weighted by Gasteiger charge is -2.53. The number of allylic oxidation sites excluding steroid dienone is 4. The van der Waals surface area contributed by atoms with Crippen LogP contribution in [0.25, 0.3) is 0 Å². The van der Waals surface area contributed by atoms with Crippen LogP contribution in [0.4, 0.5) is 4.39 Å². The Kier molecular flexibility index (Phi) is 5.63. The third-order valence-electron chi connectivity index (χ3n) is 8.77. The molecule has 0 amide bonds. The molecule has 1 aromatic rings. The molecule has 2 nitrogen and oxygen atoms in total. The Hall–Kier alpha value is -1.83. The summed E-state index contributed by atoms with van der Waals surface area (Å²) >= 11 is 1.74. The van der Waals surface area contributed by atoms with Crippen LogP contribution in [0.1, 0.15) is 63.4 Å². The van der Waals surface area contributed by atoms with Gasteiger partial charge in [0.05, 0.1) is 0 Å². The second-order valence-corrected chi connectivity index (χ2v) is 11.0. The first-order valence-corrected chi connectivity index (χ1v) is 13.0. The maximum absolute atomic E-state index is 12.9. The molecule has 0 radical (unpaired) electrons. The Morgan fingerprint density at radius 3 is 2.69 bits per heavy atom. The average molecular weight is 451 g/mol. The summed E-state index contributed by atoms with van der Waals surface area (Å²) in [6.45, 7) is 1.47. The zero-order valence-corrected chi connectivity index (χ0v) is 19.7. The van der Waals surface area contributed by atoms with Gasteiger partial charge in [0, 0.05) is 22.6 Å². The van der Waals surface area contributed by atoms with Crippen molar-refractivity contribution in [2.45, 2.75) is 68.3 Å². The number of hydrogen-bond acceptors (Lipinski definition) is 3. The molecular weight excluding hydrogens is 419 g/mol. The summed E-state index contributed by atoms with van der Waals surface area (Å²) in [5.41, 5.74) is 3.92. The van der Waals surface area contributed by atoms with E-state index in [1.165, 1.54) is 27.2 Å². The van der Waals surface area contributed by atoms with E-state index in [-0.39, 0.29) is 17.1 Å². The molecule has 168 valence electrons. The summed E-state index contributed by atoms with van der Waals surface area (Å²) < 4.78 is 12.9. The van der Waals surface area contributed by atoms with Gasteiger partial charge in [0.1, 0.15) is 12.3 Å². The Bertz CT molecular complexity index is 1060. The molecule has 4 heteroatoms. The quantitative estimate of drug-likeness (QED) is 0.443. The van der Waals surface area contributed by atoms with Crippen LogP contribution >= 0.6 is 11.8 Å². The van der Waals surface area contributed by atoms with E-state index < -0.39 is 12.3 Å². The van der Waals surface area contributed by atoms with Gasteiger partial charge in [-0.05, 0) is 91.5 Å². The van der Waals surface area contributed by atoms with Gasteiger partial charge in [0.25, 0.3) is 0 Å². The molecule has 0 aromatic heterocycles. The lowest BCUT2D eigenvalue weighted by molar-refractivity contribution is -0.114. The first-order chi connectivity index (χ1) is 15.4. The van der Waals surface area contributed by atoms with Crippen LogP contribution < -0.4 is 0 Å². The second kappa shape index (κ2) is 8.19. The van der Waals surface area contributed by atoms with Gasteiger partial charge in [0.15, 0.2) is 5.78 Å². The highest BCUT2D eigenvalue weighted by molar-refractivity contribution is 7.98. The molecule has 32 heavy (non-hydrogen) atoms. The summed E-state index contributed by atoms with van der Waals surface area (Å²) in [6.07, 6.45) is 9.71. The fourth-order valence-corrected chi connectivity index (χ4v) is 7.59. The van der Waals surface area contributed by atoms with Crippen molar-refractivity contribution in [3.63, 3.8) is 0 Å². The number of carbonyl (C=O) groups is 1. The van der Waals surface area contributed by atoms with Gasteiger partial charge >= 0.3 is 0 Å². The van der Waals surface area contributed by atoms with Gasteiger partial charge in [-0.1, -0.05) is 36.5 Å². The molecule has 4 aliphatic carbocycles. The molecule has 1 N–H and O–H groups in total. The van der Waals surface area contributed by atoms with Crippen LogP contribution in [0.5, 0.6) is 0 Å². The van der Waals surface area contributed by atoms with Crippen molar-refractivity contribution in [2.75, 3.05) is 12.9 Å². The molecule has 0 unspecified atom stereocenters. The smallest absolute Gasteiger partial charge is 0.156 e. The topological polar surface area (TPSA) is 37.3 Å². The van der Waals surface area contributed by atoms with Gasteiger partial charge in [-0.2, -0.15) is 0 Å². The zero-order chi connectivity index (χ0) is 22.5. The van der Waals surface area contributed by atoms with Crippen molar-refractivity contribution in [2.24, 2.45) is 17.3 Å². The number of halogens is 1. The highest BCUT2D eigenvalue weighted by Crippen LogP contribution is 2.66. The summed E-state index contributed by atoms with van der Waals surface area (Å²) in [5.74, 6) is 6.68. The van der Waals surface area contributed by atoms with Crippen molar-refractivity contribution in [3.8, 4) is 11.8 Å². The number of fused-ring (bicyclic) bond motifs is 4. The Balaban J connectivity index is 1.66. The molecule has 4 aliphatic rings. The fourth-order valence-electron chi connectivity index (χ4n) is 7.19. The Morgan fingerprint density at radius 2 is 1.97 bits per heavy atom. The first kappa shape index (κ1) is 22.0. The van der Waals surface area contributed by atoms with Crippen molar-refractivity contribution in [1.29, 1.82) is 0 Å². The Morgan fingerprint density at radius 1 is 1.19 bits per heavy atom. The molecule has 0 spiro atoms. The SMILES string of the molecule is CSc1ccc([C@H]2C[C@@]3(C)[C@@H](CC[C@@]3(O)C#CCF)[C@@H]3CCC4=CC(=O)CCC4=C32)cc1. The highest BCUT2D eigenvalue weighted by Gasteiger charge is 2.62. The fraction of sp³-hybridized carbons (Fsp3) is 0.536. The van der Waals surface area contributed by atoms with Crippen LogP contribution in [-0.4, -0.2) is 29.4 Å². The number of thioether (sulfide) groups is 1. The molecule has 0 saturated heterocycles. The van der Waals surface area contributed by atoms with E-state index >= 15 is 0 Å². The van der Waals surface area contributed by atoms with E-state index in [0.29, 0.717) is 24.7 Å². The minimum Gasteiger partial charge on any atom is -0.377 e. The molecular formula is C28H31FO2S. The number of aliphatic hydroxyl groups is 1. The van der Waals surface area contributed by atoms with Gasteiger partial charge < -0.3 is 5.11 Å². The lowest BCUT2D eigenvalue weighted by Crippen LogP contribution is -2.51. The normalized spacial score (nSPS) is 35.9. The van der Waals surface area contributed by atoms with Crippen molar-refractivity contribution in [1.82, 2.24) is 0 Å². The largest absolute Gasteiger partial charge is 0.377 e. The van der Waals surface area contributed by atoms with Gasteiger partial charge in [-0.3, -0.25) is 4.79 Å². The minimum atomic E-state index is -1.14. The molecule has 2 fully saturated rings. The summed E-state index contributed by atoms with van der Waals surface area (Å²) in [4.78, 5) is 13.4. The molecule has 2 saturated carbocycles. The lowest BCUT2D eigenvalue weighted by atomic mass is 9.51. The standard InChI is InChI=1S/C28H31FO2S/c1-27-17-24(18-4-8-21(32-2)9-5-18)26-22-11-7-20(30)16-19(22)6-10-23(26)25(27)12-14-28(27,31)13-3-15-29/h4-5,8-9,16,23-25,31H,6-7,10-12,14-15,17H2,1-2H3/t23-,24+,25-,27-,28-/m0/s1. The summed E-state index contributed by atoms with van der Waals surface area (Å²) in [6, 6.07) is 8.83. The highest BCUT2D eigenvalue weighted by atomic mass is 32.2. The first-order valence-electron chi connectivity index (χ1n) is 11.8. The predicted molar refractivity (Wildman–Crippen MR) is 127 cm³/mol. The molecule has 1 aromatic carbocycles. The van der Waals surface area contributed by atoms with Gasteiger partial charge in [-0.15, -0.1) is 11.8 Å². The molecule has 0 bridgehead atoms. The van der Waals surface area contributed by atoms with Crippen LogP contribution in [0.3, 0.4) is 0 Å². The molecule has 0 aliphatic heterocycles. The van der Waals surface area contributed by atoms with E-state index in [2.05, 4.69) is 49.3 Å². The van der Waals surface area contributed by atoms with Crippen LogP contribution in [0.2, 0.25) is 0 Å². The van der Waals surface area contributed by atoms with E-state index in [9.17, 15) is 14.3 Å². The number of alkyl halides is 1. The van der Waals surface area contributed by atoms with Crippen molar-refractivity contribution < 1.29 is 14.3 Å². The van der Waals surface area contributed by atoms with Crippen LogP contribution in [0.15, 0.2) is 52.0 Å². The molecule has 5 rings (SSSR count). The minimum absolute atomic E-state index is 0.195. The summed E-state index contributed by atoms with van der Waals surface area (Å²) in [7, 11) is 0. The average Bonchev–Trinajstić information content (AvgIpc) is 3.07. The van der Waals surface area contributed by atoms with Crippen LogP contribution in [0, 0.1) is 29.1 Å². The third-order valence-corrected chi connectivity index (χ3v) is 9.51. The van der Waals surface area contributed by atoms with Gasteiger partial charge in [0.2, 0.25) is 0 Å². The second-order valence-electron chi connectivity index (χ2n) is 10.1. The van der Waals surface area contributed by atoms with E-state index in [1.807, 2.05) is 6.08 Å². The summed E-state index contributed by atoms with van der Waals surface area (Å²) in [5, 5.41) is 11.7. The van der Waals surface area contributed by atoms with E-state index in [4.69, 9.17) is 0 Å². The molecule has 0 heterocycles. The monoisotopic (exact) mass is 450 g/mol. The van der Waals surface area contributed by atoms with E-state index in [1.54, 1.807) is 11.8 Å². The van der Waals surface area contributed by atoms with E-state index in [0.717, 1.165) is 32.1 Å². The van der Waals surface area contributed by atoms with Crippen LogP contribution in [-0.2, 0) is 4.79 Å². The maximum Gasteiger partial charge on any atom is 0.156 e. The number of carbonyl (C=O) groups excluding carboxylic acids is 1. The number of benzene rings is 1. The zero-order valence-electron chi connectivity index (χ0n) is 18.9. The number of rotatable bonds is 2. The van der Waals surface area contributed by atoms with Crippen molar-refractivity contribution >= 4 is 17.5 Å². The maximum atomic E-state index is 12.9. The third kappa shape index (κ3) is 3.32. The Labute approximate surface area is 194 Å². The predicted octanol–water partition coefficient (Wildman–Crippen LogP) is 6.01.